The SMILES string of the molecule is O=[C-]NC(CC(=O)O)Cc1ccc(F)cc1.[Fm]. The summed E-state index contributed by atoms with van der Waals surface area (Å²) in [6, 6.07) is 5.16. The number of rotatable bonds is 6. The Kier molecular flexibility index (Phi) is 5.43. The molecular formula is C11H11FFmNO3-. The van der Waals surface area contributed by atoms with Crippen molar-refractivity contribution in [2.24, 2.45) is 0 Å². The van der Waals surface area contributed by atoms with Crippen LogP contribution in [0.3, 0.4) is 0 Å². The van der Waals surface area contributed by atoms with E-state index < -0.39 is 12.0 Å². The van der Waals surface area contributed by atoms with Crippen molar-refractivity contribution in [2.75, 3.05) is 0 Å². The van der Waals surface area contributed by atoms with E-state index in [1.54, 1.807) is 12.1 Å². The summed E-state index contributed by atoms with van der Waals surface area (Å²) in [4.78, 5) is 20.7. The Morgan fingerprint density at radius 3 is 2.47 bits per heavy atom. The minimum absolute atomic E-state index is 0. The van der Waals surface area contributed by atoms with Gasteiger partial charge in [0, 0.05) is 6.04 Å². The van der Waals surface area contributed by atoms with Crippen molar-refractivity contribution in [3.05, 3.63) is 35.6 Å². The predicted octanol–water partition coefficient (Wildman–Crippen LogP) is 0.868. The van der Waals surface area contributed by atoms with Gasteiger partial charge in [0.1, 0.15) is 5.82 Å². The summed E-state index contributed by atoms with van der Waals surface area (Å²) in [7, 11) is 0. The van der Waals surface area contributed by atoms with E-state index >= 15 is 0 Å². The number of carbonyl (C=O) groups excluding carboxylic acids is 1. The largest absolute Gasteiger partial charge is 0.527 e. The number of aliphatic carboxylic acids is 1. The van der Waals surface area contributed by atoms with E-state index in [0.29, 0.717) is 6.42 Å². The Bertz CT molecular complexity index is 369. The molecule has 0 radical (unpaired) electrons. The van der Waals surface area contributed by atoms with Crippen molar-refractivity contribution >= 4 is 12.4 Å². The number of nitrogens with one attached hydrogen (secondary N) is 1. The fourth-order valence-electron chi connectivity index (χ4n) is 1.37. The minimum atomic E-state index is -1.00. The zero-order valence-electron chi connectivity index (χ0n) is 8.73. The van der Waals surface area contributed by atoms with Gasteiger partial charge in [-0.25, -0.2) is 4.39 Å². The number of carboxylic acid groups (broad SMARTS) is 1. The van der Waals surface area contributed by atoms with Gasteiger partial charge in [-0.1, -0.05) is 12.1 Å². The second kappa shape index (κ2) is 6.55. The normalized spacial score (nSPS) is 11.1. The summed E-state index contributed by atoms with van der Waals surface area (Å²) in [6.07, 6.45) is 1.61. The van der Waals surface area contributed by atoms with E-state index in [1.165, 1.54) is 18.5 Å². The minimum Gasteiger partial charge on any atom is -0.527 e. The maximum atomic E-state index is 12.6. The molecule has 6 heteroatoms. The smallest absolute Gasteiger partial charge is 0.305 e. The van der Waals surface area contributed by atoms with Gasteiger partial charge in [0.2, 0.25) is 0 Å². The maximum Gasteiger partial charge on any atom is 0.305 e. The molecule has 1 atom stereocenters. The molecule has 0 aliphatic rings. The van der Waals surface area contributed by atoms with Crippen LogP contribution in [-0.2, 0) is 16.0 Å². The van der Waals surface area contributed by atoms with Gasteiger partial charge >= 0.3 is 5.97 Å². The van der Waals surface area contributed by atoms with Crippen molar-refractivity contribution < 1.29 is 19.1 Å². The van der Waals surface area contributed by atoms with Crippen molar-refractivity contribution in [2.45, 2.75) is 18.9 Å². The molecule has 0 spiro atoms. The number of carbonyl (C=O) groups is 1. The van der Waals surface area contributed by atoms with Gasteiger partial charge in [0.15, 0.2) is 0 Å². The predicted molar refractivity (Wildman–Crippen MR) is 55.0 cm³/mol. The molecule has 0 aromatic heterocycles. The van der Waals surface area contributed by atoms with Gasteiger partial charge in [0.25, 0.3) is 0 Å². The number of hydrogen-bond acceptors (Lipinski definition) is 2. The van der Waals surface area contributed by atoms with E-state index in [0.717, 1.165) is 5.56 Å². The third-order valence-electron chi connectivity index (χ3n) is 2.08. The molecule has 2 N–H and O–H groups in total. The Hall–Kier alpha value is -2.91. The van der Waals surface area contributed by atoms with Gasteiger partial charge in [-0.3, -0.25) is 4.79 Å². The monoisotopic (exact) mass is 481 g/mol. The molecule has 0 aliphatic heterocycles. The summed E-state index contributed by atoms with van der Waals surface area (Å²) in [5.41, 5.74) is 0.760. The van der Waals surface area contributed by atoms with Crippen molar-refractivity contribution in [1.29, 1.82) is 0 Å². The van der Waals surface area contributed by atoms with E-state index in [2.05, 4.69) is 5.32 Å². The average molecular weight is 481 g/mol. The van der Waals surface area contributed by atoms with E-state index in [-0.39, 0.29) is 12.2 Å². The number of carboxylic acids is 1. The summed E-state index contributed by atoms with van der Waals surface area (Å²) in [5.74, 6) is -1.36. The molecule has 98 valence electrons. The fourth-order valence-corrected chi connectivity index (χ4v) is 1.37. The summed E-state index contributed by atoms with van der Waals surface area (Å²) >= 11 is 0. The van der Waals surface area contributed by atoms with Crippen LogP contribution in [0.15, 0.2) is 24.3 Å². The molecule has 0 saturated carbocycles. The van der Waals surface area contributed by atoms with Gasteiger partial charge in [-0.15, -0.1) is 0 Å². The summed E-state index contributed by atoms with van der Waals surface area (Å²) in [6.45, 7) is 0. The van der Waals surface area contributed by atoms with Gasteiger partial charge in [0.05, 0.1) is 6.42 Å². The molecule has 0 fully saturated rings. The number of amides is 1. The van der Waals surface area contributed by atoms with Gasteiger partial charge in [-0.05, 0) is 24.1 Å². The van der Waals surface area contributed by atoms with Gasteiger partial charge in [-0.2, -0.15) is 6.41 Å². The number of halogens is 1. The Balaban J connectivity index is 0.00000256. The Morgan fingerprint density at radius 2 is 2.00 bits per heavy atom. The van der Waals surface area contributed by atoms with Crippen LogP contribution in [0.4, 0.5) is 4.39 Å². The van der Waals surface area contributed by atoms with Crippen molar-refractivity contribution in [1.82, 2.24) is 5.32 Å². The molecule has 0 aliphatic carbocycles. The quantitative estimate of drug-likeness (QED) is 0.469. The molecule has 1 amide bonds. The van der Waals surface area contributed by atoms with Crippen LogP contribution in [-0.4, -0.2) is 23.5 Å². The molecule has 0 bridgehead atoms. The Labute approximate surface area is 92.1 Å². The standard InChI is InChI=1S/C11H11FNO3.Fm/c12-9-3-1-8(2-4-9)5-10(13-7-14)6-11(15)16;/h1-4,10H,5-6H2,(H,13,14)(H,15,16);/q-1;. The summed E-state index contributed by atoms with van der Waals surface area (Å²) in [5, 5.41) is 10.9. The first-order valence-electron chi connectivity index (χ1n) is 4.70. The zero-order chi connectivity index (χ0) is 12.0. The summed E-state index contributed by atoms with van der Waals surface area (Å²) < 4.78 is 12.6. The van der Waals surface area contributed by atoms with E-state index in [4.69, 9.17) is 5.11 Å². The molecule has 17 heavy (non-hydrogen) atoms. The molecule has 4 nitrogen and oxygen atoms in total. The molecular weight excluding hydrogens is 470 g/mol. The molecule has 1 rings (SSSR count). The van der Waals surface area contributed by atoms with Crippen LogP contribution in [0.2, 0.25) is 0 Å². The number of benzene rings is 1. The first-order valence-corrected chi connectivity index (χ1v) is 4.70. The zero-order valence-corrected chi connectivity index (χ0v) is 11.1. The van der Waals surface area contributed by atoms with Crippen LogP contribution in [0.25, 0.3) is 0 Å². The van der Waals surface area contributed by atoms with E-state index in [9.17, 15) is 14.0 Å². The molecule has 0 saturated heterocycles. The fraction of sp³-hybridized carbons (Fsp3) is 0.273. The van der Waals surface area contributed by atoms with E-state index in [1.807, 2.05) is 0 Å². The average Bonchev–Trinajstić information content (AvgIpc) is 2.21. The van der Waals surface area contributed by atoms with Crippen LogP contribution in [0, 0.1) is 5.82 Å². The van der Waals surface area contributed by atoms with Crippen LogP contribution in [0.5, 0.6) is 0 Å². The topological polar surface area (TPSA) is 66.4 Å². The molecule has 0 heterocycles. The Morgan fingerprint density at radius 1 is 1.41 bits per heavy atom. The third-order valence-corrected chi connectivity index (χ3v) is 2.08. The van der Waals surface area contributed by atoms with Crippen molar-refractivity contribution in [3.8, 4) is 0 Å². The van der Waals surface area contributed by atoms with Gasteiger partial charge < -0.3 is 15.2 Å². The number of hydrogen-bond donors (Lipinski definition) is 2. The molecule has 1 aromatic rings. The molecule has 1 aromatic carbocycles. The van der Waals surface area contributed by atoms with Crippen LogP contribution >= 0.6 is 0 Å². The first-order chi connectivity index (χ1) is 7.61. The first kappa shape index (κ1) is 14.1. The van der Waals surface area contributed by atoms with Crippen LogP contribution in [0.1, 0.15) is 12.0 Å². The second-order valence-corrected chi connectivity index (χ2v) is 3.37. The second-order valence-electron chi connectivity index (χ2n) is 3.37. The van der Waals surface area contributed by atoms with Crippen molar-refractivity contribution in [3.63, 3.8) is 0 Å². The maximum absolute atomic E-state index is 12.6. The van der Waals surface area contributed by atoms with Crippen LogP contribution < -0.4 is 5.32 Å². The third kappa shape index (κ3) is 4.92. The molecule has 1 unspecified atom stereocenters.